The van der Waals surface area contributed by atoms with Crippen LogP contribution in [0.3, 0.4) is 0 Å². The summed E-state index contributed by atoms with van der Waals surface area (Å²) in [7, 11) is 0. The van der Waals surface area contributed by atoms with Crippen LogP contribution in [0.15, 0.2) is 40.7 Å². The number of Topliss-reactive ketones (excluding diaryl/α,β-unsaturated/α-hetero) is 1. The minimum Gasteiger partial charge on any atom is -0.383 e. The first kappa shape index (κ1) is 18.3. The van der Waals surface area contributed by atoms with Crippen LogP contribution in [0.2, 0.25) is 5.02 Å². The van der Waals surface area contributed by atoms with Crippen LogP contribution in [-0.4, -0.2) is 22.0 Å². The Kier molecular flexibility index (Phi) is 4.43. The average molecular weight is 401 g/mol. The number of benzene rings is 1. The Morgan fingerprint density at radius 1 is 1.22 bits per heavy atom. The van der Waals surface area contributed by atoms with Gasteiger partial charge in [0.15, 0.2) is 10.9 Å². The van der Waals surface area contributed by atoms with Gasteiger partial charge in [-0.2, -0.15) is 0 Å². The summed E-state index contributed by atoms with van der Waals surface area (Å²) in [5, 5.41) is 4.66. The van der Waals surface area contributed by atoms with Gasteiger partial charge in [0.05, 0.1) is 0 Å². The van der Waals surface area contributed by atoms with E-state index in [0.29, 0.717) is 28.2 Å². The molecule has 27 heavy (non-hydrogen) atoms. The summed E-state index contributed by atoms with van der Waals surface area (Å²) in [6, 6.07) is 7.57. The zero-order chi connectivity index (χ0) is 19.3. The van der Waals surface area contributed by atoms with Crippen LogP contribution in [0.5, 0.6) is 0 Å². The quantitative estimate of drug-likeness (QED) is 0.564. The summed E-state index contributed by atoms with van der Waals surface area (Å²) in [6.45, 7) is 4.23. The van der Waals surface area contributed by atoms with E-state index in [1.54, 1.807) is 0 Å². The Hall–Kier alpha value is -2.05. The maximum Gasteiger partial charge on any atom is 0.191 e. The lowest BCUT2D eigenvalue weighted by atomic mass is 9.69. The van der Waals surface area contributed by atoms with Crippen molar-refractivity contribution in [1.29, 1.82) is 0 Å². The van der Waals surface area contributed by atoms with Gasteiger partial charge < -0.3 is 11.1 Å². The molecule has 0 radical (unpaired) electrons. The highest BCUT2D eigenvalue weighted by Crippen LogP contribution is 2.50. The molecule has 0 saturated carbocycles. The lowest BCUT2D eigenvalue weighted by Crippen LogP contribution is -2.34. The standard InChI is InChI=1S/C20H21ClN4OS/c1-20(2)8-12-15(13(26)9-20)14(10-4-6-11(21)7-5-10)16-17(22)24-19(27-3)25-18(16)23-12/h4-7,14H,8-9H2,1-3H3,(H3,22,23,24,25). The first-order valence-corrected chi connectivity index (χ1v) is 10.4. The Bertz CT molecular complexity index is 969. The predicted octanol–water partition coefficient (Wildman–Crippen LogP) is 4.63. The van der Waals surface area contributed by atoms with Gasteiger partial charge in [-0.3, -0.25) is 4.79 Å². The third-order valence-corrected chi connectivity index (χ3v) is 5.91. The number of ketones is 1. The molecule has 5 nitrogen and oxygen atoms in total. The second-order valence-corrected chi connectivity index (χ2v) is 9.01. The summed E-state index contributed by atoms with van der Waals surface area (Å²) in [5.74, 6) is 0.956. The third-order valence-electron chi connectivity index (χ3n) is 5.11. The fraction of sp³-hybridized carbons (Fsp3) is 0.350. The largest absolute Gasteiger partial charge is 0.383 e. The Balaban J connectivity index is 1.96. The molecule has 7 heteroatoms. The molecule has 0 amide bonds. The number of nitrogens with one attached hydrogen (secondary N) is 1. The van der Waals surface area contributed by atoms with Crippen molar-refractivity contribution in [1.82, 2.24) is 9.97 Å². The molecule has 4 rings (SSSR count). The van der Waals surface area contributed by atoms with Gasteiger partial charge in [0.25, 0.3) is 0 Å². The van der Waals surface area contributed by atoms with Gasteiger partial charge in [0.1, 0.15) is 11.6 Å². The van der Waals surface area contributed by atoms with Crippen molar-refractivity contribution in [3.8, 4) is 0 Å². The molecule has 1 unspecified atom stereocenters. The first-order valence-electron chi connectivity index (χ1n) is 8.79. The third kappa shape index (κ3) is 3.21. The van der Waals surface area contributed by atoms with E-state index >= 15 is 0 Å². The summed E-state index contributed by atoms with van der Waals surface area (Å²) in [5.41, 5.74) is 9.69. The van der Waals surface area contributed by atoms with Gasteiger partial charge in [-0.15, -0.1) is 0 Å². The molecule has 1 aromatic carbocycles. The molecule has 3 N–H and O–H groups in total. The molecule has 2 aliphatic rings. The van der Waals surface area contributed by atoms with Crippen molar-refractivity contribution in [2.24, 2.45) is 5.41 Å². The zero-order valence-corrected chi connectivity index (χ0v) is 17.0. The minimum atomic E-state index is -0.284. The second-order valence-electron chi connectivity index (χ2n) is 7.80. The maximum atomic E-state index is 13.1. The number of carbonyl (C=O) groups is 1. The number of nitrogen functional groups attached to an aromatic ring is 1. The number of aromatic nitrogens is 2. The second kappa shape index (κ2) is 6.53. The van der Waals surface area contributed by atoms with Crippen LogP contribution >= 0.6 is 23.4 Å². The number of fused-ring (bicyclic) bond motifs is 1. The number of thioether (sulfide) groups is 1. The van der Waals surface area contributed by atoms with E-state index in [2.05, 4.69) is 29.1 Å². The molecule has 140 valence electrons. The highest BCUT2D eigenvalue weighted by atomic mass is 35.5. The lowest BCUT2D eigenvalue weighted by Gasteiger charge is -2.39. The van der Waals surface area contributed by atoms with E-state index in [1.807, 2.05) is 30.5 Å². The Morgan fingerprint density at radius 2 is 1.93 bits per heavy atom. The number of nitrogens with two attached hydrogens (primary N) is 1. The molecule has 1 aromatic heterocycles. The number of carbonyl (C=O) groups excluding carboxylic acids is 1. The molecule has 0 bridgehead atoms. The molecule has 2 heterocycles. The average Bonchev–Trinajstić information content (AvgIpc) is 2.59. The molecule has 0 fully saturated rings. The van der Waals surface area contributed by atoms with Gasteiger partial charge in [-0.1, -0.05) is 49.3 Å². The van der Waals surface area contributed by atoms with Crippen molar-refractivity contribution < 1.29 is 4.79 Å². The minimum absolute atomic E-state index is 0.0914. The van der Waals surface area contributed by atoms with E-state index < -0.39 is 0 Å². The number of allylic oxidation sites excluding steroid dienone is 2. The zero-order valence-electron chi connectivity index (χ0n) is 15.5. The molecular weight excluding hydrogens is 380 g/mol. The van der Waals surface area contributed by atoms with Crippen molar-refractivity contribution in [3.05, 3.63) is 51.7 Å². The monoisotopic (exact) mass is 400 g/mol. The molecule has 0 spiro atoms. The van der Waals surface area contributed by atoms with E-state index in [9.17, 15) is 4.79 Å². The smallest absolute Gasteiger partial charge is 0.191 e. The highest BCUT2D eigenvalue weighted by Gasteiger charge is 2.42. The topological polar surface area (TPSA) is 80.9 Å². The van der Waals surface area contributed by atoms with Gasteiger partial charge in [-0.25, -0.2) is 9.97 Å². The Labute approximate surface area is 167 Å². The van der Waals surface area contributed by atoms with Crippen LogP contribution in [0.25, 0.3) is 0 Å². The van der Waals surface area contributed by atoms with Crippen molar-refractivity contribution >= 4 is 40.8 Å². The molecule has 1 aliphatic heterocycles. The molecule has 1 aliphatic carbocycles. The van der Waals surface area contributed by atoms with Gasteiger partial charge in [0, 0.05) is 34.2 Å². The van der Waals surface area contributed by atoms with Gasteiger partial charge in [-0.05, 0) is 35.8 Å². The van der Waals surface area contributed by atoms with Crippen LogP contribution in [0.4, 0.5) is 11.6 Å². The number of anilines is 2. The van der Waals surface area contributed by atoms with Gasteiger partial charge in [0.2, 0.25) is 0 Å². The highest BCUT2D eigenvalue weighted by molar-refractivity contribution is 7.98. The molecular formula is C20H21ClN4OS. The van der Waals surface area contributed by atoms with E-state index in [4.69, 9.17) is 17.3 Å². The normalized spacial score (nSPS) is 20.7. The molecule has 1 atom stereocenters. The van der Waals surface area contributed by atoms with Crippen molar-refractivity contribution in [3.63, 3.8) is 0 Å². The van der Waals surface area contributed by atoms with E-state index in [-0.39, 0.29) is 17.1 Å². The van der Waals surface area contributed by atoms with Crippen LogP contribution in [0, 0.1) is 5.41 Å². The van der Waals surface area contributed by atoms with Gasteiger partial charge >= 0.3 is 0 Å². The first-order chi connectivity index (χ1) is 12.8. The fourth-order valence-corrected chi connectivity index (χ4v) is 4.49. The summed E-state index contributed by atoms with van der Waals surface area (Å²) >= 11 is 7.52. The SMILES string of the molecule is CSc1nc(N)c2c(n1)NC1=C(C(=O)CC(C)(C)C1)C2c1ccc(Cl)cc1. The van der Waals surface area contributed by atoms with E-state index in [1.165, 1.54) is 11.8 Å². The number of hydrogen-bond acceptors (Lipinski definition) is 6. The van der Waals surface area contributed by atoms with Crippen LogP contribution in [0.1, 0.15) is 43.7 Å². The number of halogens is 1. The molecule has 0 saturated heterocycles. The molecule has 2 aromatic rings. The number of rotatable bonds is 2. The predicted molar refractivity (Wildman–Crippen MR) is 110 cm³/mol. The van der Waals surface area contributed by atoms with Crippen LogP contribution in [-0.2, 0) is 4.79 Å². The Morgan fingerprint density at radius 3 is 2.59 bits per heavy atom. The summed E-state index contributed by atoms with van der Waals surface area (Å²) in [6.07, 6.45) is 3.21. The van der Waals surface area contributed by atoms with E-state index in [0.717, 1.165) is 28.8 Å². The summed E-state index contributed by atoms with van der Waals surface area (Å²) < 4.78 is 0. The number of hydrogen-bond donors (Lipinski definition) is 2. The number of nitrogens with zero attached hydrogens (tertiary/aromatic N) is 2. The fourth-order valence-electron chi connectivity index (χ4n) is 3.99. The van der Waals surface area contributed by atoms with Crippen molar-refractivity contribution in [2.45, 2.75) is 37.8 Å². The van der Waals surface area contributed by atoms with Crippen molar-refractivity contribution in [2.75, 3.05) is 17.3 Å². The maximum absolute atomic E-state index is 13.1. The van der Waals surface area contributed by atoms with Crippen LogP contribution < -0.4 is 11.1 Å². The summed E-state index contributed by atoms with van der Waals surface area (Å²) in [4.78, 5) is 22.2. The lowest BCUT2D eigenvalue weighted by molar-refractivity contribution is -0.118.